The van der Waals surface area contributed by atoms with Crippen LogP contribution in [-0.4, -0.2) is 22.9 Å². The highest BCUT2D eigenvalue weighted by atomic mass is 79.9. The number of aryl methyl sites for hydroxylation is 1. The Morgan fingerprint density at radius 3 is 3.00 bits per heavy atom. The minimum Gasteiger partial charge on any atom is -0.355 e. The summed E-state index contributed by atoms with van der Waals surface area (Å²) in [5, 5.41) is 0. The summed E-state index contributed by atoms with van der Waals surface area (Å²) in [5.41, 5.74) is 1.09. The van der Waals surface area contributed by atoms with Crippen LogP contribution in [0.1, 0.15) is 12.1 Å². The van der Waals surface area contributed by atoms with E-state index < -0.39 is 0 Å². The quantitative estimate of drug-likeness (QED) is 0.701. The van der Waals surface area contributed by atoms with E-state index in [-0.39, 0.29) is 0 Å². The molecule has 13 heavy (non-hydrogen) atoms. The van der Waals surface area contributed by atoms with E-state index in [1.54, 1.807) is 0 Å². The second kappa shape index (κ2) is 3.66. The predicted octanol–water partition coefficient (Wildman–Crippen LogP) is 2.36. The van der Waals surface area contributed by atoms with Crippen molar-refractivity contribution in [1.82, 2.24) is 4.98 Å². The second-order valence-electron chi connectivity index (χ2n) is 3.47. The van der Waals surface area contributed by atoms with Crippen LogP contribution in [0.3, 0.4) is 0 Å². The van der Waals surface area contributed by atoms with Gasteiger partial charge in [0, 0.05) is 23.6 Å². The smallest absolute Gasteiger partial charge is 0.128 e. The van der Waals surface area contributed by atoms with Crippen LogP contribution in [0.15, 0.2) is 18.2 Å². The molecule has 1 unspecified atom stereocenters. The molecule has 2 rings (SSSR count). The summed E-state index contributed by atoms with van der Waals surface area (Å²) in [6, 6.07) is 6.18. The van der Waals surface area contributed by atoms with Crippen LogP contribution in [0.4, 0.5) is 5.82 Å². The maximum atomic E-state index is 4.49. The van der Waals surface area contributed by atoms with Gasteiger partial charge in [-0.1, -0.05) is 22.0 Å². The van der Waals surface area contributed by atoms with E-state index >= 15 is 0 Å². The number of rotatable bonds is 1. The number of halogens is 1. The Labute approximate surface area is 87.1 Å². The summed E-state index contributed by atoms with van der Waals surface area (Å²) in [6.45, 7) is 4.23. The lowest BCUT2D eigenvalue weighted by atomic mass is 10.3. The van der Waals surface area contributed by atoms with Gasteiger partial charge in [0.1, 0.15) is 5.82 Å². The first-order valence-corrected chi connectivity index (χ1v) is 5.50. The van der Waals surface area contributed by atoms with E-state index in [0.717, 1.165) is 24.6 Å². The first-order valence-electron chi connectivity index (χ1n) is 4.58. The first kappa shape index (κ1) is 9.00. The molecule has 0 N–H and O–H groups in total. The number of hydrogen-bond donors (Lipinski definition) is 0. The molecule has 1 aromatic heterocycles. The minimum atomic E-state index is 0.634. The Hall–Kier alpha value is -0.570. The SMILES string of the molecule is Cc1cccc(N2CCC(Br)C2)n1. The summed E-state index contributed by atoms with van der Waals surface area (Å²) in [6.07, 6.45) is 1.22. The van der Waals surface area contributed by atoms with Crippen molar-refractivity contribution in [2.45, 2.75) is 18.2 Å². The molecule has 0 spiro atoms. The molecule has 0 aromatic carbocycles. The molecular formula is C10H13BrN2. The lowest BCUT2D eigenvalue weighted by Gasteiger charge is -2.16. The number of pyridine rings is 1. The summed E-state index contributed by atoms with van der Waals surface area (Å²) < 4.78 is 0. The van der Waals surface area contributed by atoms with E-state index in [4.69, 9.17) is 0 Å². The number of nitrogens with zero attached hydrogens (tertiary/aromatic N) is 2. The summed E-state index contributed by atoms with van der Waals surface area (Å²) >= 11 is 3.63. The van der Waals surface area contributed by atoms with Crippen LogP contribution < -0.4 is 4.90 Å². The van der Waals surface area contributed by atoms with Crippen molar-refractivity contribution in [3.63, 3.8) is 0 Å². The molecule has 1 aromatic rings. The van der Waals surface area contributed by atoms with Gasteiger partial charge in [-0.05, 0) is 25.5 Å². The fourth-order valence-corrected chi connectivity index (χ4v) is 2.18. The maximum absolute atomic E-state index is 4.49. The van der Waals surface area contributed by atoms with Crippen LogP contribution >= 0.6 is 15.9 Å². The zero-order chi connectivity index (χ0) is 9.26. The molecule has 0 bridgehead atoms. The largest absolute Gasteiger partial charge is 0.355 e. The van der Waals surface area contributed by atoms with Gasteiger partial charge in [0.15, 0.2) is 0 Å². The lowest BCUT2D eigenvalue weighted by Crippen LogP contribution is -2.20. The number of anilines is 1. The predicted molar refractivity (Wildman–Crippen MR) is 58.5 cm³/mol. The Kier molecular flexibility index (Phi) is 2.54. The molecule has 0 aliphatic carbocycles. The van der Waals surface area contributed by atoms with Gasteiger partial charge in [0.2, 0.25) is 0 Å². The molecule has 2 nitrogen and oxygen atoms in total. The zero-order valence-corrected chi connectivity index (χ0v) is 9.29. The van der Waals surface area contributed by atoms with Crippen LogP contribution in [-0.2, 0) is 0 Å². The molecule has 0 radical (unpaired) electrons. The molecule has 2 heterocycles. The third kappa shape index (κ3) is 2.02. The molecular weight excluding hydrogens is 228 g/mol. The standard InChI is InChI=1S/C10H13BrN2/c1-8-3-2-4-10(12-8)13-6-5-9(11)7-13/h2-4,9H,5-7H2,1H3. The van der Waals surface area contributed by atoms with Crippen molar-refractivity contribution in [1.29, 1.82) is 0 Å². The molecule has 0 amide bonds. The molecule has 1 saturated heterocycles. The second-order valence-corrected chi connectivity index (χ2v) is 4.76. The van der Waals surface area contributed by atoms with Gasteiger partial charge >= 0.3 is 0 Å². The van der Waals surface area contributed by atoms with Gasteiger partial charge in [0.25, 0.3) is 0 Å². The molecule has 3 heteroatoms. The van der Waals surface area contributed by atoms with Crippen molar-refractivity contribution >= 4 is 21.7 Å². The monoisotopic (exact) mass is 240 g/mol. The van der Waals surface area contributed by atoms with Crippen molar-refractivity contribution in [2.24, 2.45) is 0 Å². The molecule has 1 fully saturated rings. The van der Waals surface area contributed by atoms with E-state index in [1.165, 1.54) is 6.42 Å². The Balaban J connectivity index is 2.16. The Morgan fingerprint density at radius 2 is 2.38 bits per heavy atom. The van der Waals surface area contributed by atoms with Gasteiger partial charge in [-0.15, -0.1) is 0 Å². The van der Waals surface area contributed by atoms with Crippen LogP contribution in [0.25, 0.3) is 0 Å². The zero-order valence-electron chi connectivity index (χ0n) is 7.70. The van der Waals surface area contributed by atoms with Gasteiger partial charge in [0.05, 0.1) is 0 Å². The van der Waals surface area contributed by atoms with Crippen molar-refractivity contribution in [3.05, 3.63) is 23.9 Å². The topological polar surface area (TPSA) is 16.1 Å². The normalized spacial score (nSPS) is 22.3. The summed E-state index contributed by atoms with van der Waals surface area (Å²) in [5.74, 6) is 1.11. The fraction of sp³-hybridized carbons (Fsp3) is 0.500. The Morgan fingerprint density at radius 1 is 1.54 bits per heavy atom. The van der Waals surface area contributed by atoms with E-state index in [1.807, 2.05) is 13.0 Å². The molecule has 70 valence electrons. The van der Waals surface area contributed by atoms with Crippen LogP contribution in [0.2, 0.25) is 0 Å². The van der Waals surface area contributed by atoms with Crippen LogP contribution in [0, 0.1) is 6.92 Å². The van der Waals surface area contributed by atoms with Crippen molar-refractivity contribution in [3.8, 4) is 0 Å². The van der Waals surface area contributed by atoms with Crippen molar-refractivity contribution < 1.29 is 0 Å². The van der Waals surface area contributed by atoms with Gasteiger partial charge < -0.3 is 4.90 Å². The first-order chi connectivity index (χ1) is 6.25. The van der Waals surface area contributed by atoms with Gasteiger partial charge in [-0.2, -0.15) is 0 Å². The number of aromatic nitrogens is 1. The number of hydrogen-bond acceptors (Lipinski definition) is 2. The summed E-state index contributed by atoms with van der Waals surface area (Å²) in [7, 11) is 0. The highest BCUT2D eigenvalue weighted by Gasteiger charge is 2.20. The average Bonchev–Trinajstić information content (AvgIpc) is 2.52. The third-order valence-corrected chi connectivity index (χ3v) is 3.08. The number of alkyl halides is 1. The van der Waals surface area contributed by atoms with E-state index in [2.05, 4.69) is 37.9 Å². The van der Waals surface area contributed by atoms with Gasteiger partial charge in [-0.25, -0.2) is 4.98 Å². The van der Waals surface area contributed by atoms with Crippen molar-refractivity contribution in [2.75, 3.05) is 18.0 Å². The highest BCUT2D eigenvalue weighted by Crippen LogP contribution is 2.22. The lowest BCUT2D eigenvalue weighted by molar-refractivity contribution is 0.930. The minimum absolute atomic E-state index is 0.634. The summed E-state index contributed by atoms with van der Waals surface area (Å²) in [4.78, 5) is 7.45. The fourth-order valence-electron chi connectivity index (χ4n) is 1.63. The Bertz CT molecular complexity index is 301. The molecule has 1 aliphatic heterocycles. The molecule has 1 aliphatic rings. The van der Waals surface area contributed by atoms with E-state index in [0.29, 0.717) is 4.83 Å². The third-order valence-electron chi connectivity index (χ3n) is 2.33. The van der Waals surface area contributed by atoms with Gasteiger partial charge in [-0.3, -0.25) is 0 Å². The van der Waals surface area contributed by atoms with E-state index in [9.17, 15) is 0 Å². The van der Waals surface area contributed by atoms with Crippen LogP contribution in [0.5, 0.6) is 0 Å². The average molecular weight is 241 g/mol. The molecule has 0 saturated carbocycles. The maximum Gasteiger partial charge on any atom is 0.128 e. The highest BCUT2D eigenvalue weighted by molar-refractivity contribution is 9.09. The molecule has 1 atom stereocenters.